The van der Waals surface area contributed by atoms with E-state index in [-0.39, 0.29) is 30.0 Å². The first kappa shape index (κ1) is 19.8. The number of rotatable bonds is 8. The van der Waals surface area contributed by atoms with Crippen molar-refractivity contribution in [1.82, 2.24) is 0 Å². The summed E-state index contributed by atoms with van der Waals surface area (Å²) < 4.78 is 4.86. The third-order valence-corrected chi connectivity index (χ3v) is 3.74. The summed E-state index contributed by atoms with van der Waals surface area (Å²) in [5.74, 6) is -1.49. The number of hydrogen-bond donors (Lipinski definition) is 1. The van der Waals surface area contributed by atoms with Crippen molar-refractivity contribution in [3.05, 3.63) is 69.8 Å². The van der Waals surface area contributed by atoms with Crippen LogP contribution in [0.3, 0.4) is 0 Å². The first-order valence-electron chi connectivity index (χ1n) is 8.15. The van der Waals surface area contributed by atoms with Crippen molar-refractivity contribution in [3.8, 4) is 0 Å². The molecule has 0 saturated heterocycles. The zero-order chi connectivity index (χ0) is 19.8. The zero-order valence-electron chi connectivity index (χ0n) is 14.6. The first-order chi connectivity index (χ1) is 12.9. The molecule has 0 aromatic heterocycles. The first-order valence-corrected chi connectivity index (χ1v) is 8.15. The monoisotopic (exact) mass is 370 g/mol. The standard InChI is InChI=1S/C19H18N2O6/c1-13-4-2-3-5-16(13)20-18(23)10-11-19(24)27-12-17(22)14-6-8-15(9-7-14)21(25)26/h2-9H,10-12H2,1H3,(H,20,23). The van der Waals surface area contributed by atoms with Crippen molar-refractivity contribution in [2.75, 3.05) is 11.9 Å². The average molecular weight is 370 g/mol. The molecule has 27 heavy (non-hydrogen) atoms. The minimum atomic E-state index is -0.676. The van der Waals surface area contributed by atoms with Crippen LogP contribution in [0.15, 0.2) is 48.5 Å². The van der Waals surface area contributed by atoms with Gasteiger partial charge in [0.05, 0.1) is 11.3 Å². The molecule has 0 unspecified atom stereocenters. The summed E-state index contributed by atoms with van der Waals surface area (Å²) >= 11 is 0. The van der Waals surface area contributed by atoms with E-state index >= 15 is 0 Å². The van der Waals surface area contributed by atoms with Crippen LogP contribution in [0.2, 0.25) is 0 Å². The lowest BCUT2D eigenvalue weighted by molar-refractivity contribution is -0.384. The number of esters is 1. The highest BCUT2D eigenvalue weighted by Gasteiger charge is 2.13. The topological polar surface area (TPSA) is 116 Å². The second kappa shape index (κ2) is 9.23. The Labute approximate surface area is 155 Å². The van der Waals surface area contributed by atoms with Crippen LogP contribution in [0.4, 0.5) is 11.4 Å². The number of nitro benzene ring substituents is 1. The van der Waals surface area contributed by atoms with Crippen molar-refractivity contribution in [3.63, 3.8) is 0 Å². The number of nitrogens with one attached hydrogen (secondary N) is 1. The lowest BCUT2D eigenvalue weighted by Crippen LogP contribution is -2.17. The third kappa shape index (κ3) is 6.03. The highest BCUT2D eigenvalue weighted by atomic mass is 16.6. The summed E-state index contributed by atoms with van der Waals surface area (Å²) in [6, 6.07) is 12.2. The van der Waals surface area contributed by atoms with E-state index in [1.165, 1.54) is 24.3 Å². The van der Waals surface area contributed by atoms with Gasteiger partial charge in [-0.3, -0.25) is 24.5 Å². The summed E-state index contributed by atoms with van der Waals surface area (Å²) in [4.78, 5) is 45.5. The number of nitro groups is 1. The van der Waals surface area contributed by atoms with Gasteiger partial charge in [0, 0.05) is 29.8 Å². The fourth-order valence-electron chi connectivity index (χ4n) is 2.21. The second-order valence-electron chi connectivity index (χ2n) is 5.75. The van der Waals surface area contributed by atoms with Gasteiger partial charge in [-0.2, -0.15) is 0 Å². The van der Waals surface area contributed by atoms with Gasteiger partial charge in [-0.1, -0.05) is 18.2 Å². The molecule has 1 amide bonds. The molecular formula is C19H18N2O6. The Hall–Kier alpha value is -3.55. The average Bonchev–Trinajstić information content (AvgIpc) is 2.66. The van der Waals surface area contributed by atoms with Crippen LogP contribution in [0.1, 0.15) is 28.8 Å². The minimum absolute atomic E-state index is 0.0705. The van der Waals surface area contributed by atoms with Crippen molar-refractivity contribution >= 4 is 29.0 Å². The molecule has 0 bridgehead atoms. The number of non-ortho nitro benzene ring substituents is 1. The molecule has 1 N–H and O–H groups in total. The summed E-state index contributed by atoms with van der Waals surface area (Å²) in [5, 5.41) is 13.3. The van der Waals surface area contributed by atoms with Crippen molar-refractivity contribution in [2.24, 2.45) is 0 Å². The smallest absolute Gasteiger partial charge is 0.306 e. The molecule has 140 valence electrons. The Morgan fingerprint density at radius 2 is 1.70 bits per heavy atom. The molecule has 0 heterocycles. The fourth-order valence-corrected chi connectivity index (χ4v) is 2.21. The van der Waals surface area contributed by atoms with E-state index in [4.69, 9.17) is 4.74 Å². The Kier molecular flexibility index (Phi) is 6.76. The number of carbonyl (C=O) groups is 3. The van der Waals surface area contributed by atoms with E-state index < -0.39 is 23.3 Å². The number of carbonyl (C=O) groups excluding carboxylic acids is 3. The Morgan fingerprint density at radius 1 is 1.04 bits per heavy atom. The van der Waals surface area contributed by atoms with Crippen LogP contribution in [0.25, 0.3) is 0 Å². The molecule has 0 fully saturated rings. The summed E-state index contributed by atoms with van der Waals surface area (Å²) in [5.41, 5.74) is 1.64. The SMILES string of the molecule is Cc1ccccc1NC(=O)CCC(=O)OCC(=O)c1ccc([N+](=O)[O-])cc1. The quantitative estimate of drug-likeness (QED) is 0.330. The van der Waals surface area contributed by atoms with Crippen LogP contribution in [-0.4, -0.2) is 29.2 Å². The van der Waals surface area contributed by atoms with Crippen LogP contribution >= 0.6 is 0 Å². The number of Topliss-reactive ketones (excluding diaryl/α,β-unsaturated/α-hetero) is 1. The molecule has 2 rings (SSSR count). The molecule has 0 radical (unpaired) electrons. The van der Waals surface area contributed by atoms with Gasteiger partial charge in [0.15, 0.2) is 12.4 Å². The van der Waals surface area contributed by atoms with Gasteiger partial charge in [-0.05, 0) is 30.7 Å². The zero-order valence-corrected chi connectivity index (χ0v) is 14.6. The van der Waals surface area contributed by atoms with Crippen molar-refractivity contribution in [2.45, 2.75) is 19.8 Å². The number of hydrogen-bond acceptors (Lipinski definition) is 6. The van der Waals surface area contributed by atoms with E-state index in [0.717, 1.165) is 5.56 Å². The van der Waals surface area contributed by atoms with E-state index in [0.29, 0.717) is 5.69 Å². The molecule has 0 aliphatic rings. The van der Waals surface area contributed by atoms with Crippen molar-refractivity contribution < 1.29 is 24.0 Å². The van der Waals surface area contributed by atoms with E-state index in [9.17, 15) is 24.5 Å². The molecular weight excluding hydrogens is 352 g/mol. The molecule has 0 aliphatic heterocycles. The lowest BCUT2D eigenvalue weighted by Gasteiger charge is -2.08. The van der Waals surface area contributed by atoms with E-state index in [1.807, 2.05) is 19.1 Å². The molecule has 8 heteroatoms. The van der Waals surface area contributed by atoms with Gasteiger partial charge < -0.3 is 10.1 Å². The summed E-state index contributed by atoms with van der Waals surface area (Å²) in [6.45, 7) is 1.36. The van der Waals surface area contributed by atoms with E-state index in [2.05, 4.69) is 5.32 Å². The Morgan fingerprint density at radius 3 is 2.33 bits per heavy atom. The van der Waals surface area contributed by atoms with Gasteiger partial charge in [0.1, 0.15) is 0 Å². The van der Waals surface area contributed by atoms with Crippen LogP contribution in [0.5, 0.6) is 0 Å². The van der Waals surface area contributed by atoms with Gasteiger partial charge in [-0.25, -0.2) is 0 Å². The van der Waals surface area contributed by atoms with Crippen LogP contribution in [0, 0.1) is 17.0 Å². The molecule has 8 nitrogen and oxygen atoms in total. The predicted molar refractivity (Wildman–Crippen MR) is 97.4 cm³/mol. The van der Waals surface area contributed by atoms with Gasteiger partial charge >= 0.3 is 5.97 Å². The third-order valence-electron chi connectivity index (χ3n) is 3.74. The van der Waals surface area contributed by atoms with Crippen LogP contribution in [-0.2, 0) is 14.3 Å². The number of para-hydroxylation sites is 1. The minimum Gasteiger partial charge on any atom is -0.457 e. The molecule has 2 aromatic carbocycles. The maximum absolute atomic E-state index is 11.9. The van der Waals surface area contributed by atoms with Gasteiger partial charge in [-0.15, -0.1) is 0 Å². The molecule has 0 saturated carbocycles. The highest BCUT2D eigenvalue weighted by Crippen LogP contribution is 2.14. The second-order valence-corrected chi connectivity index (χ2v) is 5.75. The largest absolute Gasteiger partial charge is 0.457 e. The number of ether oxygens (including phenoxy) is 1. The summed E-state index contributed by atoms with van der Waals surface area (Å²) in [6.07, 6.45) is -0.232. The molecule has 0 atom stereocenters. The molecule has 0 aliphatic carbocycles. The number of amides is 1. The van der Waals surface area contributed by atoms with Gasteiger partial charge in [0.25, 0.3) is 5.69 Å². The number of aryl methyl sites for hydroxylation is 1. The van der Waals surface area contributed by atoms with E-state index in [1.54, 1.807) is 12.1 Å². The fraction of sp³-hybridized carbons (Fsp3) is 0.211. The van der Waals surface area contributed by atoms with Crippen molar-refractivity contribution in [1.29, 1.82) is 0 Å². The number of anilines is 1. The van der Waals surface area contributed by atoms with Crippen LogP contribution < -0.4 is 5.32 Å². The number of ketones is 1. The normalized spacial score (nSPS) is 10.1. The maximum Gasteiger partial charge on any atom is 0.306 e. The Balaban J connectivity index is 1.75. The lowest BCUT2D eigenvalue weighted by atomic mass is 10.1. The molecule has 0 spiro atoms. The summed E-state index contributed by atoms with van der Waals surface area (Å²) in [7, 11) is 0. The number of benzene rings is 2. The number of nitrogens with zero attached hydrogens (tertiary/aromatic N) is 1. The molecule has 2 aromatic rings. The van der Waals surface area contributed by atoms with Gasteiger partial charge in [0.2, 0.25) is 5.91 Å². The predicted octanol–water partition coefficient (Wildman–Crippen LogP) is 3.05. The Bertz CT molecular complexity index is 861. The maximum atomic E-state index is 11.9. The highest BCUT2D eigenvalue weighted by molar-refractivity contribution is 5.98.